The van der Waals surface area contributed by atoms with Crippen LogP contribution in [0.1, 0.15) is 22.7 Å². The van der Waals surface area contributed by atoms with Gasteiger partial charge < -0.3 is 5.32 Å². The number of aryl methyl sites for hydroxylation is 1. The highest BCUT2D eigenvalue weighted by Crippen LogP contribution is 2.25. The monoisotopic (exact) mass is 267 g/mol. The van der Waals surface area contributed by atoms with E-state index in [0.29, 0.717) is 12.0 Å². The fraction of sp³-hybridized carbons (Fsp3) is 0.286. The van der Waals surface area contributed by atoms with Crippen LogP contribution in [0.25, 0.3) is 0 Å². The molecule has 1 N–H and O–H groups in total. The van der Waals surface area contributed by atoms with E-state index in [-0.39, 0.29) is 11.9 Å². The van der Waals surface area contributed by atoms with E-state index >= 15 is 0 Å². The molecule has 1 heterocycles. The molecule has 4 heteroatoms. The first-order valence-corrected chi connectivity index (χ1v) is 6.70. The summed E-state index contributed by atoms with van der Waals surface area (Å²) in [4.78, 5) is 0. The molecule has 18 heavy (non-hydrogen) atoms. The first kappa shape index (κ1) is 13.2. The van der Waals surface area contributed by atoms with Gasteiger partial charge in [0.2, 0.25) is 0 Å². The van der Waals surface area contributed by atoms with E-state index < -0.39 is 5.82 Å². The topological polar surface area (TPSA) is 12.0 Å². The molecule has 1 unspecified atom stereocenters. The van der Waals surface area contributed by atoms with Gasteiger partial charge in [0.05, 0.1) is 0 Å². The van der Waals surface area contributed by atoms with Crippen LogP contribution in [-0.2, 0) is 6.42 Å². The summed E-state index contributed by atoms with van der Waals surface area (Å²) in [6.07, 6.45) is 0.442. The number of nitrogens with one attached hydrogen (secondary N) is 1. The Kier molecular flexibility index (Phi) is 4.09. The van der Waals surface area contributed by atoms with E-state index in [1.54, 1.807) is 11.3 Å². The highest BCUT2D eigenvalue weighted by atomic mass is 32.1. The van der Waals surface area contributed by atoms with Gasteiger partial charge in [-0.3, -0.25) is 0 Å². The van der Waals surface area contributed by atoms with Crippen molar-refractivity contribution in [3.63, 3.8) is 0 Å². The van der Waals surface area contributed by atoms with Crippen molar-refractivity contribution in [2.45, 2.75) is 19.4 Å². The number of hydrogen-bond donors (Lipinski definition) is 1. The summed E-state index contributed by atoms with van der Waals surface area (Å²) in [5.41, 5.74) is 2.72. The van der Waals surface area contributed by atoms with Crippen LogP contribution in [0, 0.1) is 18.6 Å². The predicted octanol–water partition coefficient (Wildman–Crippen LogP) is 3.84. The van der Waals surface area contributed by atoms with E-state index in [1.165, 1.54) is 17.7 Å². The van der Waals surface area contributed by atoms with Crippen molar-refractivity contribution in [2.24, 2.45) is 0 Å². The van der Waals surface area contributed by atoms with Crippen LogP contribution in [0.3, 0.4) is 0 Å². The normalized spacial score (nSPS) is 12.7. The Morgan fingerprint density at radius 2 is 2.06 bits per heavy atom. The Morgan fingerprint density at radius 1 is 1.28 bits per heavy atom. The summed E-state index contributed by atoms with van der Waals surface area (Å²) in [6, 6.07) is 3.59. The van der Waals surface area contributed by atoms with Crippen molar-refractivity contribution in [3.8, 4) is 0 Å². The third kappa shape index (κ3) is 2.76. The van der Waals surface area contributed by atoms with Gasteiger partial charge in [0.25, 0.3) is 0 Å². The third-order valence-electron chi connectivity index (χ3n) is 3.05. The van der Waals surface area contributed by atoms with Gasteiger partial charge in [-0.1, -0.05) is 0 Å². The molecule has 0 spiro atoms. The molecule has 0 saturated heterocycles. The van der Waals surface area contributed by atoms with Gasteiger partial charge in [0.1, 0.15) is 11.6 Å². The van der Waals surface area contributed by atoms with Crippen LogP contribution in [0.5, 0.6) is 0 Å². The number of halogens is 2. The fourth-order valence-corrected chi connectivity index (χ4v) is 2.92. The SMILES string of the molecule is CNC(Cc1cc(F)ccc1F)c1cscc1C. The van der Waals surface area contributed by atoms with E-state index in [0.717, 1.165) is 11.6 Å². The minimum absolute atomic E-state index is 0.00699. The molecular weight excluding hydrogens is 252 g/mol. The van der Waals surface area contributed by atoms with Crippen LogP contribution in [0.2, 0.25) is 0 Å². The Labute approximate surface area is 109 Å². The molecular formula is C14H15F2NS. The van der Waals surface area contributed by atoms with Gasteiger partial charge in [-0.15, -0.1) is 0 Å². The second kappa shape index (κ2) is 5.59. The molecule has 96 valence electrons. The molecule has 0 aliphatic rings. The van der Waals surface area contributed by atoms with Crippen molar-refractivity contribution in [1.82, 2.24) is 5.32 Å². The summed E-state index contributed by atoms with van der Waals surface area (Å²) in [7, 11) is 1.83. The molecule has 0 fully saturated rings. The molecule has 0 saturated carbocycles. The molecule has 0 aliphatic carbocycles. The number of benzene rings is 1. The van der Waals surface area contributed by atoms with Crippen LogP contribution in [0.15, 0.2) is 29.0 Å². The van der Waals surface area contributed by atoms with Gasteiger partial charge in [-0.25, -0.2) is 8.78 Å². The van der Waals surface area contributed by atoms with Crippen LogP contribution in [-0.4, -0.2) is 7.05 Å². The van der Waals surface area contributed by atoms with E-state index in [2.05, 4.69) is 10.7 Å². The van der Waals surface area contributed by atoms with Crippen LogP contribution in [0.4, 0.5) is 8.78 Å². The molecule has 2 aromatic rings. The maximum atomic E-state index is 13.6. The lowest BCUT2D eigenvalue weighted by molar-refractivity contribution is 0.543. The lowest BCUT2D eigenvalue weighted by Crippen LogP contribution is -2.19. The largest absolute Gasteiger partial charge is 0.313 e. The lowest BCUT2D eigenvalue weighted by atomic mass is 9.98. The second-order valence-electron chi connectivity index (χ2n) is 4.29. The quantitative estimate of drug-likeness (QED) is 0.887. The van der Waals surface area contributed by atoms with Crippen molar-refractivity contribution in [2.75, 3.05) is 7.05 Å². The Balaban J connectivity index is 2.26. The van der Waals surface area contributed by atoms with Gasteiger partial charge in [0, 0.05) is 6.04 Å². The van der Waals surface area contributed by atoms with Gasteiger partial charge in [-0.05, 0) is 66.0 Å². The number of likely N-dealkylation sites (N-methyl/N-ethyl adjacent to an activating group) is 1. The number of hydrogen-bond acceptors (Lipinski definition) is 2. The number of thiophene rings is 1. The van der Waals surface area contributed by atoms with E-state index in [9.17, 15) is 8.78 Å². The van der Waals surface area contributed by atoms with Crippen molar-refractivity contribution >= 4 is 11.3 Å². The first-order valence-electron chi connectivity index (χ1n) is 5.75. The zero-order valence-corrected chi connectivity index (χ0v) is 11.2. The Bertz CT molecular complexity index is 536. The Hall–Kier alpha value is -1.26. The average molecular weight is 267 g/mol. The third-order valence-corrected chi connectivity index (χ3v) is 3.93. The highest BCUT2D eigenvalue weighted by Gasteiger charge is 2.15. The minimum Gasteiger partial charge on any atom is -0.313 e. The van der Waals surface area contributed by atoms with Crippen molar-refractivity contribution < 1.29 is 8.78 Å². The second-order valence-corrected chi connectivity index (χ2v) is 5.03. The van der Waals surface area contributed by atoms with Gasteiger partial charge in [-0.2, -0.15) is 11.3 Å². The minimum atomic E-state index is -0.400. The Morgan fingerprint density at radius 3 is 2.67 bits per heavy atom. The first-order chi connectivity index (χ1) is 8.61. The number of rotatable bonds is 4. The van der Waals surface area contributed by atoms with Gasteiger partial charge >= 0.3 is 0 Å². The molecule has 1 nitrogen and oxygen atoms in total. The summed E-state index contributed by atoms with van der Waals surface area (Å²) in [6.45, 7) is 2.03. The molecule has 1 aromatic heterocycles. The molecule has 1 aromatic carbocycles. The summed E-state index contributed by atoms with van der Waals surface area (Å²) >= 11 is 1.62. The lowest BCUT2D eigenvalue weighted by Gasteiger charge is -2.17. The predicted molar refractivity (Wildman–Crippen MR) is 70.9 cm³/mol. The van der Waals surface area contributed by atoms with Crippen molar-refractivity contribution in [1.29, 1.82) is 0 Å². The zero-order valence-electron chi connectivity index (χ0n) is 10.3. The zero-order chi connectivity index (χ0) is 13.1. The standard InChI is InChI=1S/C14H15F2NS/c1-9-7-18-8-12(9)14(17-2)6-10-5-11(15)3-4-13(10)16/h3-5,7-8,14,17H,6H2,1-2H3. The maximum Gasteiger partial charge on any atom is 0.126 e. The molecule has 0 amide bonds. The average Bonchev–Trinajstić information content (AvgIpc) is 2.77. The summed E-state index contributed by atoms with van der Waals surface area (Å²) in [5, 5.41) is 7.26. The molecule has 0 radical (unpaired) electrons. The summed E-state index contributed by atoms with van der Waals surface area (Å²) in [5.74, 6) is -0.757. The van der Waals surface area contributed by atoms with Gasteiger partial charge in [0.15, 0.2) is 0 Å². The molecule has 1 atom stereocenters. The highest BCUT2D eigenvalue weighted by molar-refractivity contribution is 7.08. The smallest absolute Gasteiger partial charge is 0.126 e. The van der Waals surface area contributed by atoms with Crippen molar-refractivity contribution in [3.05, 3.63) is 57.3 Å². The summed E-state index contributed by atoms with van der Waals surface area (Å²) < 4.78 is 26.8. The molecule has 2 rings (SSSR count). The maximum absolute atomic E-state index is 13.6. The van der Waals surface area contributed by atoms with Crippen LogP contribution >= 0.6 is 11.3 Å². The van der Waals surface area contributed by atoms with E-state index in [4.69, 9.17) is 0 Å². The molecule has 0 bridgehead atoms. The van der Waals surface area contributed by atoms with Crippen LogP contribution < -0.4 is 5.32 Å². The fourth-order valence-electron chi connectivity index (χ4n) is 2.01. The van der Waals surface area contributed by atoms with E-state index in [1.807, 2.05) is 19.4 Å². The molecule has 0 aliphatic heterocycles.